The van der Waals surface area contributed by atoms with Gasteiger partial charge in [0, 0.05) is 6.42 Å². The summed E-state index contributed by atoms with van der Waals surface area (Å²) in [4.78, 5) is 20.6. The first-order valence-electron chi connectivity index (χ1n) is 2.82. The normalized spacial score (nSPS) is 24.0. The third-order valence-electron chi connectivity index (χ3n) is 1.41. The molecule has 1 heterocycles. The van der Waals surface area contributed by atoms with Crippen molar-refractivity contribution in [3.63, 3.8) is 0 Å². The van der Waals surface area contributed by atoms with Gasteiger partial charge in [-0.25, -0.2) is 9.69 Å². The molecule has 5 heteroatoms. The van der Waals surface area contributed by atoms with Crippen LogP contribution < -0.4 is 27.0 Å². The van der Waals surface area contributed by atoms with Crippen molar-refractivity contribution in [1.82, 2.24) is 0 Å². The highest BCUT2D eigenvalue weighted by Gasteiger charge is 2.27. The molecule has 0 aromatic heterocycles. The smallest absolute Gasteiger partial charge is 0.318 e. The minimum atomic E-state index is -1.29. The second-order valence-electron chi connectivity index (χ2n) is 2.04. The molecule has 2 amide bonds. The Morgan fingerprint density at radius 2 is 2.20 bits per heavy atom. The average molecular weight is 209 g/mol. The zero-order valence-electron chi connectivity index (χ0n) is 5.22. The van der Waals surface area contributed by atoms with Gasteiger partial charge in [0.25, 0.3) is 6.09 Å². The average Bonchev–Trinajstić information content (AvgIpc) is 2.13. The van der Waals surface area contributed by atoms with E-state index in [1.807, 2.05) is 0 Å². The number of imide groups is 1. The third kappa shape index (κ3) is 1.78. The summed E-state index contributed by atoms with van der Waals surface area (Å²) in [7, 11) is 0. The highest BCUT2D eigenvalue weighted by molar-refractivity contribution is 5.76. The summed E-state index contributed by atoms with van der Waals surface area (Å²) in [5, 5.41) is 10.0. The zero-order chi connectivity index (χ0) is 6.85. The van der Waals surface area contributed by atoms with Crippen LogP contribution in [0.2, 0.25) is 0 Å². The van der Waals surface area contributed by atoms with E-state index in [1.54, 1.807) is 0 Å². The SMILES string of the molecule is O=C([O-])[NH+]1CCCC1=O.[Br-]. The van der Waals surface area contributed by atoms with Crippen LogP contribution in [0.1, 0.15) is 12.8 Å². The molecule has 0 saturated carbocycles. The van der Waals surface area contributed by atoms with Crippen molar-refractivity contribution in [2.45, 2.75) is 12.8 Å². The Hall–Kier alpha value is -0.420. The lowest BCUT2D eigenvalue weighted by Crippen LogP contribution is -3.17. The molecule has 10 heavy (non-hydrogen) atoms. The largest absolute Gasteiger partial charge is 1.00 e. The van der Waals surface area contributed by atoms with Crippen LogP contribution in [0.4, 0.5) is 4.79 Å². The number of amides is 2. The molecule has 1 N–H and O–H groups in total. The van der Waals surface area contributed by atoms with Crippen LogP contribution in [0.5, 0.6) is 0 Å². The Morgan fingerprint density at radius 1 is 1.60 bits per heavy atom. The molecule has 0 aromatic rings. The molecule has 1 aliphatic heterocycles. The Morgan fingerprint density at radius 3 is 2.40 bits per heavy atom. The summed E-state index contributed by atoms with van der Waals surface area (Å²) in [5.41, 5.74) is 0. The molecule has 0 bridgehead atoms. The summed E-state index contributed by atoms with van der Waals surface area (Å²) in [6, 6.07) is 0. The Kier molecular flexibility index (Phi) is 3.52. The number of nitrogens with one attached hydrogen (secondary N) is 1. The van der Waals surface area contributed by atoms with Crippen molar-refractivity contribution in [3.8, 4) is 0 Å². The lowest BCUT2D eigenvalue weighted by molar-refractivity contribution is -0.759. The summed E-state index contributed by atoms with van der Waals surface area (Å²) >= 11 is 0. The van der Waals surface area contributed by atoms with Crippen molar-refractivity contribution in [2.24, 2.45) is 0 Å². The van der Waals surface area contributed by atoms with Gasteiger partial charge in [-0.15, -0.1) is 0 Å². The fourth-order valence-corrected chi connectivity index (χ4v) is 0.932. The van der Waals surface area contributed by atoms with Crippen LogP contribution >= 0.6 is 0 Å². The van der Waals surface area contributed by atoms with Gasteiger partial charge in [0.2, 0.25) is 0 Å². The summed E-state index contributed by atoms with van der Waals surface area (Å²) < 4.78 is 0. The minimum absolute atomic E-state index is 0. The zero-order valence-corrected chi connectivity index (χ0v) is 6.81. The number of likely N-dealkylation sites (tertiary alicyclic amines) is 1. The van der Waals surface area contributed by atoms with Gasteiger partial charge in [0.1, 0.15) is 0 Å². The Balaban J connectivity index is 0.000000810. The monoisotopic (exact) mass is 208 g/mol. The number of quaternary nitrogens is 1. The highest BCUT2D eigenvalue weighted by atomic mass is 79.9. The summed E-state index contributed by atoms with van der Waals surface area (Å²) in [5.74, 6) is -0.255. The second-order valence-corrected chi connectivity index (χ2v) is 2.04. The third-order valence-corrected chi connectivity index (χ3v) is 1.41. The number of carboxylic acid groups (broad SMARTS) is 1. The van der Waals surface area contributed by atoms with Gasteiger partial charge < -0.3 is 26.9 Å². The fraction of sp³-hybridized carbons (Fsp3) is 0.600. The second kappa shape index (κ2) is 3.68. The van der Waals surface area contributed by atoms with E-state index >= 15 is 0 Å². The van der Waals surface area contributed by atoms with Crippen LogP contribution in [0.3, 0.4) is 0 Å². The Labute approximate surface area is 68.6 Å². The van der Waals surface area contributed by atoms with Gasteiger partial charge in [0.15, 0.2) is 0 Å². The van der Waals surface area contributed by atoms with Crippen molar-refractivity contribution in [1.29, 1.82) is 0 Å². The first kappa shape index (κ1) is 9.58. The maximum atomic E-state index is 10.6. The highest BCUT2D eigenvalue weighted by Crippen LogP contribution is 1.88. The molecule has 58 valence electrons. The van der Waals surface area contributed by atoms with E-state index in [0.717, 1.165) is 0 Å². The van der Waals surface area contributed by atoms with Gasteiger partial charge in [-0.1, -0.05) is 0 Å². The number of hydrogen-bond donors (Lipinski definition) is 1. The molecule has 4 nitrogen and oxygen atoms in total. The number of hydrogen-bond acceptors (Lipinski definition) is 3. The summed E-state index contributed by atoms with van der Waals surface area (Å²) in [6.45, 7) is 0.390. The molecule has 1 saturated heterocycles. The van der Waals surface area contributed by atoms with E-state index in [9.17, 15) is 14.7 Å². The minimum Gasteiger partial charge on any atom is -1.00 e. The van der Waals surface area contributed by atoms with E-state index in [2.05, 4.69) is 0 Å². The maximum absolute atomic E-state index is 10.6. The van der Waals surface area contributed by atoms with Gasteiger partial charge in [0.05, 0.1) is 13.0 Å². The quantitative estimate of drug-likeness (QED) is 0.433. The first-order valence-corrected chi connectivity index (χ1v) is 2.82. The maximum Gasteiger partial charge on any atom is 0.318 e. The Bertz CT molecular complexity index is 159. The molecule has 0 spiro atoms. The van der Waals surface area contributed by atoms with Gasteiger partial charge in [-0.3, -0.25) is 0 Å². The lowest BCUT2D eigenvalue weighted by atomic mass is 10.4. The fourth-order valence-electron chi connectivity index (χ4n) is 0.932. The number of rotatable bonds is 0. The van der Waals surface area contributed by atoms with Crippen molar-refractivity contribution >= 4 is 12.0 Å². The molecular formula is C5H7BrNO3-. The molecule has 1 aliphatic rings. The van der Waals surface area contributed by atoms with Gasteiger partial charge in [-0.2, -0.15) is 0 Å². The van der Waals surface area contributed by atoms with Crippen LogP contribution in [-0.4, -0.2) is 18.5 Å². The van der Waals surface area contributed by atoms with Crippen LogP contribution in [0, 0.1) is 0 Å². The molecule has 1 unspecified atom stereocenters. The van der Waals surface area contributed by atoms with Crippen molar-refractivity contribution in [2.75, 3.05) is 6.54 Å². The van der Waals surface area contributed by atoms with E-state index in [4.69, 9.17) is 0 Å². The van der Waals surface area contributed by atoms with Crippen LogP contribution in [0.25, 0.3) is 0 Å². The van der Waals surface area contributed by atoms with E-state index < -0.39 is 6.09 Å². The van der Waals surface area contributed by atoms with Crippen molar-refractivity contribution < 1.29 is 36.6 Å². The van der Waals surface area contributed by atoms with E-state index in [1.165, 1.54) is 0 Å². The molecular weight excluding hydrogens is 202 g/mol. The number of halogens is 1. The van der Waals surface area contributed by atoms with E-state index in [0.29, 0.717) is 19.4 Å². The molecule has 0 radical (unpaired) electrons. The predicted octanol–water partition coefficient (Wildman–Crippen LogP) is -5.46. The van der Waals surface area contributed by atoms with Gasteiger partial charge >= 0.3 is 5.91 Å². The predicted molar refractivity (Wildman–Crippen MR) is 25.5 cm³/mol. The summed E-state index contributed by atoms with van der Waals surface area (Å²) in [6.07, 6.45) is -0.247. The molecule has 0 aromatic carbocycles. The molecule has 1 fully saturated rings. The molecule has 1 rings (SSSR count). The van der Waals surface area contributed by atoms with Gasteiger partial charge in [-0.05, 0) is 0 Å². The first-order chi connectivity index (χ1) is 4.22. The number of carbonyl (C=O) groups excluding carboxylic acids is 2. The lowest BCUT2D eigenvalue weighted by Gasteiger charge is -2.06. The number of carbonyl (C=O) groups is 2. The molecule has 0 aliphatic carbocycles. The van der Waals surface area contributed by atoms with E-state index in [-0.39, 0.29) is 27.8 Å². The molecule has 1 atom stereocenters. The standard InChI is InChI=1S/C5H7NO3.BrH/c7-4-2-1-3-6(4)5(8)9;/h1-3H2,(H,8,9);1H/p-1. The topological polar surface area (TPSA) is 61.6 Å². The van der Waals surface area contributed by atoms with Crippen LogP contribution in [0.15, 0.2) is 0 Å². The van der Waals surface area contributed by atoms with Crippen LogP contribution in [-0.2, 0) is 4.79 Å². The van der Waals surface area contributed by atoms with Crippen molar-refractivity contribution in [3.05, 3.63) is 0 Å².